The Morgan fingerprint density at radius 3 is 2.52 bits per heavy atom. The molecule has 0 spiro atoms. The lowest BCUT2D eigenvalue weighted by atomic mass is 10.2. The Labute approximate surface area is 141 Å². The van der Waals surface area contributed by atoms with Crippen LogP contribution in [0.5, 0.6) is 5.75 Å². The third-order valence-electron chi connectivity index (χ3n) is 2.90. The highest BCUT2D eigenvalue weighted by Gasteiger charge is 2.14. The monoisotopic (exact) mass is 378 g/mol. The summed E-state index contributed by atoms with van der Waals surface area (Å²) in [4.78, 5) is 23.7. The summed E-state index contributed by atoms with van der Waals surface area (Å²) in [6.07, 6.45) is -0.754. The Morgan fingerprint density at radius 1 is 1.09 bits per heavy atom. The van der Waals surface area contributed by atoms with E-state index in [9.17, 15) is 9.59 Å². The molecule has 0 heterocycles. The molecule has 2 rings (SSSR count). The number of hydrazine groups is 1. The predicted molar refractivity (Wildman–Crippen MR) is 87.9 cm³/mol. The number of ether oxygens (including phenoxy) is 2. The Kier molecular flexibility index (Phi) is 5.99. The van der Waals surface area contributed by atoms with E-state index in [1.54, 1.807) is 18.2 Å². The maximum Gasteiger partial charge on any atom is 0.426 e. The van der Waals surface area contributed by atoms with Crippen LogP contribution >= 0.6 is 15.9 Å². The highest BCUT2D eigenvalue weighted by molar-refractivity contribution is 9.10. The predicted octanol–water partition coefficient (Wildman–Crippen LogP) is 3.03. The molecule has 0 aliphatic rings. The van der Waals surface area contributed by atoms with Crippen molar-refractivity contribution in [1.29, 1.82) is 0 Å². The Morgan fingerprint density at radius 2 is 1.83 bits per heavy atom. The van der Waals surface area contributed by atoms with Crippen molar-refractivity contribution in [2.45, 2.75) is 6.61 Å². The van der Waals surface area contributed by atoms with Crippen molar-refractivity contribution in [2.24, 2.45) is 0 Å². The highest BCUT2D eigenvalue weighted by atomic mass is 79.9. The summed E-state index contributed by atoms with van der Waals surface area (Å²) in [5.41, 5.74) is 5.60. The molecule has 0 saturated carbocycles. The van der Waals surface area contributed by atoms with Gasteiger partial charge in [0.15, 0.2) is 0 Å². The summed E-state index contributed by atoms with van der Waals surface area (Å²) >= 11 is 3.28. The quantitative estimate of drug-likeness (QED) is 0.801. The number of hydrogen-bond acceptors (Lipinski definition) is 4. The van der Waals surface area contributed by atoms with Crippen LogP contribution in [0.3, 0.4) is 0 Å². The van der Waals surface area contributed by atoms with Crippen LogP contribution in [-0.4, -0.2) is 19.1 Å². The maximum atomic E-state index is 12.1. The van der Waals surface area contributed by atoms with Crippen molar-refractivity contribution in [1.82, 2.24) is 10.9 Å². The molecule has 23 heavy (non-hydrogen) atoms. The molecule has 0 aliphatic carbocycles. The van der Waals surface area contributed by atoms with Crippen molar-refractivity contribution in [3.05, 3.63) is 64.1 Å². The lowest BCUT2D eigenvalue weighted by molar-refractivity contribution is 0.0902. The molecule has 0 radical (unpaired) electrons. The lowest BCUT2D eigenvalue weighted by Gasteiger charge is -2.11. The van der Waals surface area contributed by atoms with Crippen LogP contribution in [0.15, 0.2) is 53.0 Å². The maximum absolute atomic E-state index is 12.1. The minimum atomic E-state index is -0.754. The van der Waals surface area contributed by atoms with Gasteiger partial charge in [0.2, 0.25) is 0 Å². The van der Waals surface area contributed by atoms with E-state index < -0.39 is 12.0 Å². The smallest absolute Gasteiger partial charge is 0.426 e. The van der Waals surface area contributed by atoms with Crippen LogP contribution in [0, 0.1) is 0 Å². The van der Waals surface area contributed by atoms with E-state index in [0.717, 1.165) is 10.0 Å². The molecule has 7 heteroatoms. The van der Waals surface area contributed by atoms with Gasteiger partial charge in [0, 0.05) is 4.47 Å². The third-order valence-corrected chi connectivity index (χ3v) is 3.39. The van der Waals surface area contributed by atoms with Gasteiger partial charge in [-0.25, -0.2) is 10.2 Å². The highest BCUT2D eigenvalue weighted by Crippen LogP contribution is 2.22. The second kappa shape index (κ2) is 8.19. The van der Waals surface area contributed by atoms with Crippen LogP contribution in [-0.2, 0) is 11.3 Å². The largest absolute Gasteiger partial charge is 0.496 e. The standard InChI is InChI=1S/C16H15BrN2O4/c1-22-14-8-7-12(17)9-13(14)15(20)18-19-16(21)23-10-11-5-3-2-4-6-11/h2-9H,10H2,1H3,(H,18,20)(H,19,21). The molecular weight excluding hydrogens is 364 g/mol. The van der Waals surface area contributed by atoms with E-state index in [-0.39, 0.29) is 12.2 Å². The summed E-state index contributed by atoms with van der Waals surface area (Å²) in [5.74, 6) is -0.120. The van der Waals surface area contributed by atoms with Crippen LogP contribution in [0.25, 0.3) is 0 Å². The SMILES string of the molecule is COc1ccc(Br)cc1C(=O)NNC(=O)OCc1ccccc1. The molecule has 6 nitrogen and oxygen atoms in total. The van der Waals surface area contributed by atoms with Crippen LogP contribution < -0.4 is 15.6 Å². The second-order valence-corrected chi connectivity index (χ2v) is 5.40. The molecule has 0 aromatic heterocycles. The minimum Gasteiger partial charge on any atom is -0.496 e. The van der Waals surface area contributed by atoms with E-state index in [4.69, 9.17) is 9.47 Å². The first-order valence-corrected chi connectivity index (χ1v) is 7.50. The average Bonchev–Trinajstić information content (AvgIpc) is 2.58. The van der Waals surface area contributed by atoms with E-state index in [2.05, 4.69) is 26.8 Å². The van der Waals surface area contributed by atoms with Crippen LogP contribution in [0.1, 0.15) is 15.9 Å². The number of hydrogen-bond donors (Lipinski definition) is 2. The van der Waals surface area contributed by atoms with Crippen molar-refractivity contribution in [2.75, 3.05) is 7.11 Å². The van der Waals surface area contributed by atoms with Gasteiger partial charge in [-0.1, -0.05) is 46.3 Å². The Bertz CT molecular complexity index is 692. The molecule has 2 aromatic rings. The van der Waals surface area contributed by atoms with Gasteiger partial charge in [-0.3, -0.25) is 10.2 Å². The fraction of sp³-hybridized carbons (Fsp3) is 0.125. The zero-order chi connectivity index (χ0) is 16.7. The third kappa shape index (κ3) is 5.00. The molecule has 2 N–H and O–H groups in total. The Balaban J connectivity index is 1.86. The van der Waals surface area contributed by atoms with Gasteiger partial charge in [0.1, 0.15) is 12.4 Å². The van der Waals surface area contributed by atoms with Gasteiger partial charge in [-0.05, 0) is 23.8 Å². The molecule has 120 valence electrons. The number of rotatable bonds is 4. The van der Waals surface area contributed by atoms with Crippen molar-refractivity contribution >= 4 is 27.9 Å². The first-order valence-electron chi connectivity index (χ1n) is 6.70. The van der Waals surface area contributed by atoms with Gasteiger partial charge < -0.3 is 9.47 Å². The number of halogens is 1. The molecule has 0 fully saturated rings. The molecule has 0 atom stereocenters. The number of carbonyl (C=O) groups excluding carboxylic acids is 2. The zero-order valence-electron chi connectivity index (χ0n) is 12.3. The topological polar surface area (TPSA) is 76.7 Å². The van der Waals surface area contributed by atoms with Gasteiger partial charge in [-0.15, -0.1) is 0 Å². The molecule has 0 aliphatic heterocycles. The first kappa shape index (κ1) is 16.8. The fourth-order valence-corrected chi connectivity index (χ4v) is 2.15. The number of amides is 2. The lowest BCUT2D eigenvalue weighted by Crippen LogP contribution is -2.42. The normalized spacial score (nSPS) is 9.83. The van der Waals surface area contributed by atoms with Crippen LogP contribution in [0.2, 0.25) is 0 Å². The number of carbonyl (C=O) groups is 2. The van der Waals surface area contributed by atoms with Crippen molar-refractivity contribution in [3.8, 4) is 5.75 Å². The van der Waals surface area contributed by atoms with Crippen molar-refractivity contribution in [3.63, 3.8) is 0 Å². The minimum absolute atomic E-state index is 0.114. The van der Waals surface area contributed by atoms with Gasteiger partial charge >= 0.3 is 6.09 Å². The Hall–Kier alpha value is -2.54. The summed E-state index contributed by atoms with van der Waals surface area (Å²) in [6.45, 7) is 0.114. The van der Waals surface area contributed by atoms with Crippen LogP contribution in [0.4, 0.5) is 4.79 Å². The molecule has 2 amide bonds. The summed E-state index contributed by atoms with van der Waals surface area (Å²) in [6, 6.07) is 14.2. The van der Waals surface area contributed by atoms with Gasteiger partial charge in [0.05, 0.1) is 12.7 Å². The first-order chi connectivity index (χ1) is 11.1. The number of methoxy groups -OCH3 is 1. The molecule has 0 saturated heterocycles. The number of benzene rings is 2. The molecule has 0 bridgehead atoms. The second-order valence-electron chi connectivity index (χ2n) is 4.49. The van der Waals surface area contributed by atoms with E-state index in [1.807, 2.05) is 30.3 Å². The van der Waals surface area contributed by atoms with E-state index in [0.29, 0.717) is 5.75 Å². The summed E-state index contributed by atoms with van der Waals surface area (Å²) in [5, 5.41) is 0. The van der Waals surface area contributed by atoms with E-state index in [1.165, 1.54) is 7.11 Å². The van der Waals surface area contributed by atoms with Gasteiger partial charge in [-0.2, -0.15) is 0 Å². The zero-order valence-corrected chi connectivity index (χ0v) is 13.9. The average molecular weight is 379 g/mol. The van der Waals surface area contributed by atoms with Gasteiger partial charge in [0.25, 0.3) is 5.91 Å². The molecular formula is C16H15BrN2O4. The summed E-state index contributed by atoms with van der Waals surface area (Å²) < 4.78 is 10.8. The summed E-state index contributed by atoms with van der Waals surface area (Å²) in [7, 11) is 1.46. The molecule has 2 aromatic carbocycles. The fourth-order valence-electron chi connectivity index (χ4n) is 1.79. The number of nitrogens with one attached hydrogen (secondary N) is 2. The van der Waals surface area contributed by atoms with E-state index >= 15 is 0 Å². The van der Waals surface area contributed by atoms with Crippen molar-refractivity contribution < 1.29 is 19.1 Å². The molecule has 0 unspecified atom stereocenters.